The van der Waals surface area contributed by atoms with E-state index in [1.54, 1.807) is 11.3 Å². The fourth-order valence-electron chi connectivity index (χ4n) is 2.80. The number of aryl methyl sites for hydroxylation is 1. The number of thiazole rings is 1. The number of benzene rings is 2. The number of rotatable bonds is 3. The summed E-state index contributed by atoms with van der Waals surface area (Å²) in [7, 11) is 0. The van der Waals surface area contributed by atoms with E-state index in [2.05, 4.69) is 35.8 Å². The second-order valence-electron chi connectivity index (χ2n) is 6.17. The smallest absolute Gasteiger partial charge is 0.328 e. The summed E-state index contributed by atoms with van der Waals surface area (Å²) in [5, 5.41) is 7.49. The highest BCUT2D eigenvalue weighted by Gasteiger charge is 2.26. The van der Waals surface area contributed by atoms with Gasteiger partial charge in [0.15, 0.2) is 5.11 Å². The van der Waals surface area contributed by atoms with Crippen LogP contribution in [0.4, 0.5) is 5.69 Å². The summed E-state index contributed by atoms with van der Waals surface area (Å²) < 4.78 is 6.11. The van der Waals surface area contributed by atoms with Gasteiger partial charge < -0.3 is 15.4 Å². The monoisotopic (exact) mass is 383 g/mol. The standard InChI is InChI=1S/C19H17N3O2S2/c1-11-2-7-14-16(10-11)26-17(21-14)12-3-5-13(6-4-12)20-19(25)22-15-8-9-24-18(15)23/h2-7,10,15H,8-9H2,1H3,(H2,20,22,25)/t15-/m0/s1. The van der Waals surface area contributed by atoms with E-state index in [1.165, 1.54) is 10.3 Å². The number of hydrogen-bond acceptors (Lipinski definition) is 5. The number of carbonyl (C=O) groups excluding carboxylic acids is 1. The van der Waals surface area contributed by atoms with Gasteiger partial charge in [0.2, 0.25) is 0 Å². The average Bonchev–Trinajstić information content (AvgIpc) is 3.21. The summed E-state index contributed by atoms with van der Waals surface area (Å²) in [6.45, 7) is 2.52. The molecule has 1 saturated heterocycles. The lowest BCUT2D eigenvalue weighted by Gasteiger charge is -2.13. The maximum atomic E-state index is 11.5. The van der Waals surface area contributed by atoms with Crippen molar-refractivity contribution in [1.82, 2.24) is 10.3 Å². The van der Waals surface area contributed by atoms with Crippen LogP contribution in [0.1, 0.15) is 12.0 Å². The first-order valence-corrected chi connectivity index (χ1v) is 9.53. The van der Waals surface area contributed by atoms with Crippen LogP contribution in [0.5, 0.6) is 0 Å². The van der Waals surface area contributed by atoms with Crippen LogP contribution in [0.15, 0.2) is 42.5 Å². The Balaban J connectivity index is 1.45. The number of hydrogen-bond donors (Lipinski definition) is 2. The van der Waals surface area contributed by atoms with Gasteiger partial charge in [0.1, 0.15) is 11.0 Å². The molecule has 5 nitrogen and oxygen atoms in total. The molecule has 0 unspecified atom stereocenters. The molecule has 1 atom stereocenters. The van der Waals surface area contributed by atoms with Crippen LogP contribution in [0.3, 0.4) is 0 Å². The Morgan fingerprint density at radius 1 is 1.27 bits per heavy atom. The molecule has 3 aromatic rings. The predicted molar refractivity (Wildman–Crippen MR) is 109 cm³/mol. The molecule has 2 N–H and O–H groups in total. The van der Waals surface area contributed by atoms with Gasteiger partial charge in [-0.15, -0.1) is 11.3 Å². The van der Waals surface area contributed by atoms with E-state index in [9.17, 15) is 4.79 Å². The SMILES string of the molecule is Cc1ccc2nc(-c3ccc(NC(=S)N[C@H]4CCOC4=O)cc3)sc2c1. The molecule has 0 bridgehead atoms. The molecule has 2 heterocycles. The summed E-state index contributed by atoms with van der Waals surface area (Å²) in [5.41, 5.74) is 4.17. The van der Waals surface area contributed by atoms with Gasteiger partial charge in [0, 0.05) is 17.7 Å². The van der Waals surface area contributed by atoms with E-state index in [0.717, 1.165) is 21.8 Å². The number of esters is 1. The van der Waals surface area contributed by atoms with Crippen molar-refractivity contribution in [3.8, 4) is 10.6 Å². The summed E-state index contributed by atoms with van der Waals surface area (Å²) in [6, 6.07) is 13.9. The first kappa shape index (κ1) is 16.9. The zero-order valence-electron chi connectivity index (χ0n) is 14.1. The number of nitrogens with one attached hydrogen (secondary N) is 2. The first-order valence-electron chi connectivity index (χ1n) is 8.30. The third-order valence-electron chi connectivity index (χ3n) is 4.17. The van der Waals surface area contributed by atoms with Crippen molar-refractivity contribution in [3.05, 3.63) is 48.0 Å². The van der Waals surface area contributed by atoms with E-state index < -0.39 is 0 Å². The Hall–Kier alpha value is -2.51. The fourth-order valence-corrected chi connectivity index (χ4v) is 4.13. The molecule has 4 rings (SSSR count). The lowest BCUT2D eigenvalue weighted by molar-refractivity contribution is -0.139. The summed E-state index contributed by atoms with van der Waals surface area (Å²) in [6.07, 6.45) is 0.636. The van der Waals surface area contributed by atoms with E-state index in [-0.39, 0.29) is 12.0 Å². The number of aromatic nitrogens is 1. The Labute approximate surface area is 160 Å². The highest BCUT2D eigenvalue weighted by atomic mass is 32.1. The van der Waals surface area contributed by atoms with Crippen LogP contribution in [-0.2, 0) is 9.53 Å². The minimum atomic E-state index is -0.361. The number of anilines is 1. The Kier molecular flexibility index (Phi) is 4.57. The Morgan fingerprint density at radius 2 is 2.08 bits per heavy atom. The average molecular weight is 383 g/mol. The molecule has 0 radical (unpaired) electrons. The van der Waals surface area contributed by atoms with Gasteiger partial charge in [-0.25, -0.2) is 9.78 Å². The largest absolute Gasteiger partial charge is 0.464 e. The van der Waals surface area contributed by atoms with Crippen molar-refractivity contribution in [1.29, 1.82) is 0 Å². The van der Waals surface area contributed by atoms with E-state index in [0.29, 0.717) is 18.1 Å². The van der Waals surface area contributed by atoms with Gasteiger partial charge in [0.05, 0.1) is 16.8 Å². The van der Waals surface area contributed by atoms with E-state index >= 15 is 0 Å². The highest BCUT2D eigenvalue weighted by molar-refractivity contribution is 7.80. The van der Waals surface area contributed by atoms with Crippen molar-refractivity contribution in [2.75, 3.05) is 11.9 Å². The van der Waals surface area contributed by atoms with Crippen molar-refractivity contribution in [2.45, 2.75) is 19.4 Å². The first-order chi connectivity index (χ1) is 12.6. The zero-order valence-corrected chi connectivity index (χ0v) is 15.7. The predicted octanol–water partition coefficient (Wildman–Crippen LogP) is 3.87. The molecule has 0 aliphatic carbocycles. The minimum Gasteiger partial charge on any atom is -0.464 e. The molecule has 1 aromatic heterocycles. The molecule has 26 heavy (non-hydrogen) atoms. The van der Waals surface area contributed by atoms with Gasteiger partial charge in [-0.05, 0) is 61.1 Å². The maximum Gasteiger partial charge on any atom is 0.328 e. The number of carbonyl (C=O) groups is 1. The molecular formula is C19H17N3O2S2. The van der Waals surface area contributed by atoms with Gasteiger partial charge in [-0.1, -0.05) is 6.07 Å². The van der Waals surface area contributed by atoms with Gasteiger partial charge in [-0.2, -0.15) is 0 Å². The molecule has 1 aliphatic heterocycles. The number of fused-ring (bicyclic) bond motifs is 1. The molecule has 0 saturated carbocycles. The van der Waals surface area contributed by atoms with Crippen LogP contribution >= 0.6 is 23.6 Å². The summed E-state index contributed by atoms with van der Waals surface area (Å²) in [5.74, 6) is -0.254. The van der Waals surface area contributed by atoms with Crippen LogP contribution in [-0.4, -0.2) is 28.7 Å². The van der Waals surface area contributed by atoms with E-state index in [1.807, 2.05) is 24.3 Å². The normalized spacial score (nSPS) is 16.5. The fraction of sp³-hybridized carbons (Fsp3) is 0.211. The highest BCUT2D eigenvalue weighted by Crippen LogP contribution is 2.31. The lowest BCUT2D eigenvalue weighted by atomic mass is 10.2. The molecule has 1 aliphatic rings. The lowest BCUT2D eigenvalue weighted by Crippen LogP contribution is -2.40. The van der Waals surface area contributed by atoms with Crippen LogP contribution in [0.25, 0.3) is 20.8 Å². The Bertz CT molecular complexity index is 982. The number of ether oxygens (including phenoxy) is 1. The third-order valence-corrected chi connectivity index (χ3v) is 5.46. The molecular weight excluding hydrogens is 366 g/mol. The van der Waals surface area contributed by atoms with Crippen molar-refractivity contribution in [2.24, 2.45) is 0 Å². The molecule has 2 aromatic carbocycles. The maximum absolute atomic E-state index is 11.5. The topological polar surface area (TPSA) is 63.3 Å². The van der Waals surface area contributed by atoms with Crippen LogP contribution in [0, 0.1) is 6.92 Å². The van der Waals surface area contributed by atoms with Gasteiger partial charge >= 0.3 is 5.97 Å². The van der Waals surface area contributed by atoms with Crippen LogP contribution in [0.2, 0.25) is 0 Å². The quantitative estimate of drug-likeness (QED) is 0.529. The minimum absolute atomic E-state index is 0.254. The second kappa shape index (κ2) is 7.01. The second-order valence-corrected chi connectivity index (χ2v) is 7.61. The van der Waals surface area contributed by atoms with Crippen LogP contribution < -0.4 is 10.6 Å². The van der Waals surface area contributed by atoms with Gasteiger partial charge in [-0.3, -0.25) is 0 Å². The molecule has 1 fully saturated rings. The van der Waals surface area contributed by atoms with E-state index in [4.69, 9.17) is 21.9 Å². The van der Waals surface area contributed by atoms with Gasteiger partial charge in [0.25, 0.3) is 0 Å². The molecule has 7 heteroatoms. The number of thiocarbonyl (C=S) groups is 1. The summed E-state index contributed by atoms with van der Waals surface area (Å²) in [4.78, 5) is 16.2. The van der Waals surface area contributed by atoms with Crippen molar-refractivity contribution >= 4 is 50.5 Å². The summed E-state index contributed by atoms with van der Waals surface area (Å²) >= 11 is 6.95. The number of cyclic esters (lactones) is 1. The molecule has 0 amide bonds. The molecule has 0 spiro atoms. The Morgan fingerprint density at radius 3 is 2.81 bits per heavy atom. The van der Waals surface area contributed by atoms with Crippen molar-refractivity contribution < 1.29 is 9.53 Å². The molecule has 132 valence electrons. The van der Waals surface area contributed by atoms with Crippen molar-refractivity contribution in [3.63, 3.8) is 0 Å². The zero-order chi connectivity index (χ0) is 18.1. The third kappa shape index (κ3) is 3.54. The number of nitrogens with zero attached hydrogens (tertiary/aromatic N) is 1.